The molecule has 0 unspecified atom stereocenters. The van der Waals surface area contributed by atoms with Crippen LogP contribution in [0.5, 0.6) is 23.0 Å². The summed E-state index contributed by atoms with van der Waals surface area (Å²) in [6.45, 7) is 2.73. The molecule has 0 aliphatic heterocycles. The third kappa shape index (κ3) is 6.77. The summed E-state index contributed by atoms with van der Waals surface area (Å²) in [7, 11) is 3.05. The zero-order valence-electron chi connectivity index (χ0n) is 18.9. The molecular weight excluding hydrogens is 571 g/mol. The second-order valence-corrected chi connectivity index (χ2v) is 8.55. The van der Waals surface area contributed by atoms with E-state index >= 15 is 0 Å². The molecule has 3 aromatic rings. The number of hydrazone groups is 1. The molecule has 3 aromatic carbocycles. The molecule has 0 heterocycles. The Kier molecular flexibility index (Phi) is 9.41. The molecule has 0 aliphatic carbocycles. The lowest BCUT2D eigenvalue weighted by Crippen LogP contribution is -2.17. The van der Waals surface area contributed by atoms with Gasteiger partial charge in [0.05, 0.1) is 30.6 Å². The SMILES string of the molecule is CCOc1cc(/C=N/NC(=O)c2ccc(OC)c(OC)c2)cc(I)c1OCc1cccc(Cl)c1. The average Bonchev–Trinajstić information content (AvgIpc) is 2.83. The van der Waals surface area contributed by atoms with Crippen molar-refractivity contribution in [3.8, 4) is 23.0 Å². The number of carbonyl (C=O) groups excluding carboxylic acids is 1. The highest BCUT2D eigenvalue weighted by atomic mass is 127. The summed E-state index contributed by atoms with van der Waals surface area (Å²) in [5, 5.41) is 4.74. The van der Waals surface area contributed by atoms with Crippen LogP contribution in [0.1, 0.15) is 28.4 Å². The lowest BCUT2D eigenvalue weighted by molar-refractivity contribution is 0.0954. The van der Waals surface area contributed by atoms with Crippen molar-refractivity contribution in [2.24, 2.45) is 5.10 Å². The van der Waals surface area contributed by atoms with Gasteiger partial charge in [-0.15, -0.1) is 0 Å². The summed E-state index contributed by atoms with van der Waals surface area (Å²) < 4.78 is 23.1. The van der Waals surface area contributed by atoms with Crippen LogP contribution in [0.25, 0.3) is 0 Å². The van der Waals surface area contributed by atoms with Gasteiger partial charge in [-0.05, 0) is 83.1 Å². The predicted octanol–water partition coefficient (Wildman–Crippen LogP) is 5.70. The highest BCUT2D eigenvalue weighted by Gasteiger charge is 2.13. The first-order valence-corrected chi connectivity index (χ1v) is 11.8. The van der Waals surface area contributed by atoms with E-state index in [1.807, 2.05) is 43.3 Å². The topological polar surface area (TPSA) is 78.4 Å². The quantitative estimate of drug-likeness (QED) is 0.185. The van der Waals surface area contributed by atoms with Crippen molar-refractivity contribution >= 4 is 46.3 Å². The lowest BCUT2D eigenvalue weighted by atomic mass is 10.2. The van der Waals surface area contributed by atoms with Gasteiger partial charge in [0.15, 0.2) is 23.0 Å². The van der Waals surface area contributed by atoms with Gasteiger partial charge >= 0.3 is 0 Å². The lowest BCUT2D eigenvalue weighted by Gasteiger charge is -2.15. The highest BCUT2D eigenvalue weighted by Crippen LogP contribution is 2.34. The van der Waals surface area contributed by atoms with Crippen molar-refractivity contribution in [1.82, 2.24) is 5.43 Å². The molecule has 0 aromatic heterocycles. The molecule has 0 saturated carbocycles. The molecule has 0 atom stereocenters. The van der Waals surface area contributed by atoms with E-state index in [0.29, 0.717) is 46.8 Å². The Hall–Kier alpha value is -2.98. The summed E-state index contributed by atoms with van der Waals surface area (Å²) in [5.41, 5.74) is 4.61. The van der Waals surface area contributed by atoms with Crippen LogP contribution in [0.15, 0.2) is 59.7 Å². The number of nitrogens with one attached hydrogen (secondary N) is 1. The van der Waals surface area contributed by atoms with E-state index in [4.69, 9.17) is 30.5 Å². The number of methoxy groups -OCH3 is 2. The van der Waals surface area contributed by atoms with E-state index in [9.17, 15) is 4.79 Å². The summed E-state index contributed by atoms with van der Waals surface area (Å²) in [5.74, 6) is 1.85. The van der Waals surface area contributed by atoms with Gasteiger partial charge in [-0.25, -0.2) is 5.43 Å². The molecule has 0 saturated heterocycles. The van der Waals surface area contributed by atoms with E-state index in [0.717, 1.165) is 14.7 Å². The first kappa shape index (κ1) is 25.6. The first-order valence-electron chi connectivity index (χ1n) is 10.3. The maximum atomic E-state index is 12.5. The number of benzene rings is 3. The van der Waals surface area contributed by atoms with Gasteiger partial charge in [0, 0.05) is 10.6 Å². The number of carbonyl (C=O) groups is 1. The van der Waals surface area contributed by atoms with Crippen LogP contribution in [0.4, 0.5) is 0 Å². The number of hydrogen-bond acceptors (Lipinski definition) is 6. The Labute approximate surface area is 217 Å². The Morgan fingerprint density at radius 3 is 2.53 bits per heavy atom. The van der Waals surface area contributed by atoms with Gasteiger partial charge in [0.1, 0.15) is 6.61 Å². The number of hydrogen-bond donors (Lipinski definition) is 1. The van der Waals surface area contributed by atoms with Crippen LogP contribution in [0, 0.1) is 3.57 Å². The summed E-state index contributed by atoms with van der Waals surface area (Å²) in [6, 6.07) is 16.1. The fraction of sp³-hybridized carbons (Fsp3) is 0.200. The molecule has 178 valence electrons. The minimum absolute atomic E-state index is 0.353. The predicted molar refractivity (Wildman–Crippen MR) is 141 cm³/mol. The molecular formula is C25H24ClIN2O5. The normalized spacial score (nSPS) is 10.7. The maximum absolute atomic E-state index is 12.5. The molecule has 1 amide bonds. The van der Waals surface area contributed by atoms with Gasteiger partial charge in [0.25, 0.3) is 5.91 Å². The first-order chi connectivity index (χ1) is 16.4. The standard InChI is InChI=1S/C25H24ClIN2O5/c1-4-33-23-12-17(11-20(27)24(23)34-15-16-6-5-7-19(26)10-16)14-28-29-25(30)18-8-9-21(31-2)22(13-18)32-3/h5-14H,4,15H2,1-3H3,(H,29,30)/b28-14+. The molecule has 0 spiro atoms. The zero-order valence-corrected chi connectivity index (χ0v) is 21.8. The van der Waals surface area contributed by atoms with Crippen LogP contribution in [-0.2, 0) is 6.61 Å². The third-order valence-corrected chi connectivity index (χ3v) is 5.67. The van der Waals surface area contributed by atoms with Gasteiger partial charge in [-0.2, -0.15) is 5.10 Å². The van der Waals surface area contributed by atoms with E-state index in [-0.39, 0.29) is 5.91 Å². The van der Waals surface area contributed by atoms with Crippen molar-refractivity contribution in [3.63, 3.8) is 0 Å². The van der Waals surface area contributed by atoms with Crippen molar-refractivity contribution < 1.29 is 23.7 Å². The summed E-state index contributed by atoms with van der Waals surface area (Å²) in [6.07, 6.45) is 1.55. The molecule has 0 radical (unpaired) electrons. The summed E-state index contributed by atoms with van der Waals surface area (Å²) >= 11 is 8.24. The van der Waals surface area contributed by atoms with Crippen molar-refractivity contribution in [3.05, 3.63) is 79.9 Å². The van der Waals surface area contributed by atoms with Gasteiger partial charge in [0.2, 0.25) is 0 Å². The Morgan fingerprint density at radius 2 is 1.82 bits per heavy atom. The monoisotopic (exact) mass is 594 g/mol. The fourth-order valence-corrected chi connectivity index (χ4v) is 4.05. The molecule has 0 aliphatic rings. The average molecular weight is 595 g/mol. The number of halogens is 2. The number of ether oxygens (including phenoxy) is 4. The fourth-order valence-electron chi connectivity index (χ4n) is 3.06. The molecule has 1 N–H and O–H groups in total. The number of amides is 1. The van der Waals surface area contributed by atoms with Crippen LogP contribution < -0.4 is 24.4 Å². The van der Waals surface area contributed by atoms with E-state index < -0.39 is 0 Å². The Bertz CT molecular complexity index is 1190. The number of rotatable bonds is 10. The molecule has 3 rings (SSSR count). The number of nitrogens with zero attached hydrogens (tertiary/aromatic N) is 1. The summed E-state index contributed by atoms with van der Waals surface area (Å²) in [4.78, 5) is 12.5. The highest BCUT2D eigenvalue weighted by molar-refractivity contribution is 14.1. The van der Waals surface area contributed by atoms with Crippen molar-refractivity contribution in [1.29, 1.82) is 0 Å². The van der Waals surface area contributed by atoms with Crippen LogP contribution in [0.3, 0.4) is 0 Å². The smallest absolute Gasteiger partial charge is 0.271 e. The van der Waals surface area contributed by atoms with Gasteiger partial charge in [-0.3, -0.25) is 4.79 Å². The largest absolute Gasteiger partial charge is 0.493 e. The zero-order chi connectivity index (χ0) is 24.5. The molecule has 0 fully saturated rings. The Balaban J connectivity index is 1.72. The van der Waals surface area contributed by atoms with Crippen LogP contribution >= 0.6 is 34.2 Å². The maximum Gasteiger partial charge on any atom is 0.271 e. The molecule has 7 nitrogen and oxygen atoms in total. The van der Waals surface area contributed by atoms with Crippen molar-refractivity contribution in [2.75, 3.05) is 20.8 Å². The molecule has 0 bridgehead atoms. The van der Waals surface area contributed by atoms with E-state index in [1.165, 1.54) is 14.2 Å². The second-order valence-electron chi connectivity index (χ2n) is 6.95. The second kappa shape index (κ2) is 12.5. The van der Waals surface area contributed by atoms with Crippen molar-refractivity contribution in [2.45, 2.75) is 13.5 Å². The minimum atomic E-state index is -0.376. The van der Waals surface area contributed by atoms with E-state index in [2.05, 4.69) is 33.1 Å². The molecule has 34 heavy (non-hydrogen) atoms. The van der Waals surface area contributed by atoms with Gasteiger partial charge in [-0.1, -0.05) is 23.7 Å². The van der Waals surface area contributed by atoms with E-state index in [1.54, 1.807) is 24.4 Å². The Morgan fingerprint density at radius 1 is 1.03 bits per heavy atom. The molecule has 9 heteroatoms. The third-order valence-electron chi connectivity index (χ3n) is 4.63. The van der Waals surface area contributed by atoms with Crippen LogP contribution in [0.2, 0.25) is 5.02 Å². The van der Waals surface area contributed by atoms with Gasteiger partial charge < -0.3 is 18.9 Å². The minimum Gasteiger partial charge on any atom is -0.493 e. The van der Waals surface area contributed by atoms with Crippen LogP contribution in [-0.4, -0.2) is 32.9 Å².